The summed E-state index contributed by atoms with van der Waals surface area (Å²) < 4.78 is 0. The van der Waals surface area contributed by atoms with Crippen LogP contribution in [0.4, 0.5) is 4.79 Å². The summed E-state index contributed by atoms with van der Waals surface area (Å²) >= 11 is 0. The zero-order chi connectivity index (χ0) is 14.8. The molecule has 2 N–H and O–H groups in total. The fourth-order valence-corrected chi connectivity index (χ4v) is 2.70. The van der Waals surface area contributed by atoms with Crippen molar-refractivity contribution in [3.8, 4) is 0 Å². The Balaban J connectivity index is 1.96. The third kappa shape index (κ3) is 3.20. The number of carbonyl (C=O) groups is 3. The van der Waals surface area contributed by atoms with Crippen LogP contribution in [0.3, 0.4) is 0 Å². The lowest BCUT2D eigenvalue weighted by Crippen LogP contribution is -2.58. The fourth-order valence-electron chi connectivity index (χ4n) is 2.70. The first-order valence-electron chi connectivity index (χ1n) is 6.95. The van der Waals surface area contributed by atoms with Crippen molar-refractivity contribution in [1.82, 2.24) is 15.1 Å². The first kappa shape index (κ1) is 14.6. The molecule has 2 aliphatic rings. The third-order valence-electron chi connectivity index (χ3n) is 4.13. The third-order valence-corrected chi connectivity index (χ3v) is 4.13. The van der Waals surface area contributed by atoms with Crippen molar-refractivity contribution in [2.75, 3.05) is 26.7 Å². The van der Waals surface area contributed by atoms with Gasteiger partial charge >= 0.3 is 12.0 Å². The van der Waals surface area contributed by atoms with Crippen molar-refractivity contribution >= 4 is 17.9 Å². The van der Waals surface area contributed by atoms with E-state index in [0.29, 0.717) is 25.9 Å². The highest BCUT2D eigenvalue weighted by Crippen LogP contribution is 2.35. The summed E-state index contributed by atoms with van der Waals surface area (Å²) in [7, 11) is 1.72. The van der Waals surface area contributed by atoms with Gasteiger partial charge in [-0.1, -0.05) is 0 Å². The van der Waals surface area contributed by atoms with Crippen LogP contribution < -0.4 is 5.32 Å². The quantitative estimate of drug-likeness (QED) is 0.777. The number of rotatable bonds is 3. The zero-order valence-corrected chi connectivity index (χ0v) is 11.7. The van der Waals surface area contributed by atoms with Gasteiger partial charge in [-0.3, -0.25) is 9.59 Å². The van der Waals surface area contributed by atoms with E-state index in [-0.39, 0.29) is 24.9 Å². The van der Waals surface area contributed by atoms with Gasteiger partial charge < -0.3 is 20.2 Å². The van der Waals surface area contributed by atoms with Gasteiger partial charge in [0, 0.05) is 20.1 Å². The molecule has 0 radical (unpaired) electrons. The summed E-state index contributed by atoms with van der Waals surface area (Å²) in [6.45, 7) is 1.22. The first-order valence-corrected chi connectivity index (χ1v) is 6.95. The van der Waals surface area contributed by atoms with E-state index in [1.165, 1.54) is 4.90 Å². The van der Waals surface area contributed by atoms with Crippen LogP contribution in [0.15, 0.2) is 0 Å². The lowest BCUT2D eigenvalue weighted by atomic mass is 9.74. The minimum Gasteiger partial charge on any atom is -0.481 e. The number of urea groups is 1. The Morgan fingerprint density at radius 3 is 2.55 bits per heavy atom. The Morgan fingerprint density at radius 2 is 2.00 bits per heavy atom. The predicted octanol–water partition coefficient (Wildman–Crippen LogP) is 0.258. The summed E-state index contributed by atoms with van der Waals surface area (Å²) in [4.78, 5) is 38.0. The molecular formula is C13H21N3O4. The largest absolute Gasteiger partial charge is 0.481 e. The smallest absolute Gasteiger partial charge is 0.318 e. The molecule has 7 nitrogen and oxygen atoms in total. The Morgan fingerprint density at radius 1 is 1.30 bits per heavy atom. The molecule has 2 rings (SSSR count). The number of carbonyl (C=O) groups excluding carboxylic acids is 2. The molecule has 0 aromatic carbocycles. The second-order valence-corrected chi connectivity index (χ2v) is 5.72. The van der Waals surface area contributed by atoms with E-state index in [1.54, 1.807) is 11.9 Å². The van der Waals surface area contributed by atoms with Gasteiger partial charge in [0.1, 0.15) is 6.54 Å². The van der Waals surface area contributed by atoms with Gasteiger partial charge in [0.2, 0.25) is 5.91 Å². The number of hydrogen-bond acceptors (Lipinski definition) is 3. The van der Waals surface area contributed by atoms with Crippen molar-refractivity contribution in [2.24, 2.45) is 0 Å². The van der Waals surface area contributed by atoms with E-state index in [0.717, 1.165) is 12.8 Å². The van der Waals surface area contributed by atoms with Gasteiger partial charge in [-0.25, -0.2) is 4.79 Å². The van der Waals surface area contributed by atoms with E-state index in [4.69, 9.17) is 5.11 Å². The number of amides is 3. The second kappa shape index (κ2) is 5.68. The van der Waals surface area contributed by atoms with Gasteiger partial charge in [-0.2, -0.15) is 0 Å². The first-order chi connectivity index (χ1) is 9.42. The molecule has 1 aliphatic heterocycles. The lowest BCUT2D eigenvalue weighted by molar-refractivity contribution is -0.139. The minimum absolute atomic E-state index is 0.0551. The Labute approximate surface area is 117 Å². The van der Waals surface area contributed by atoms with Crippen LogP contribution in [0.5, 0.6) is 0 Å². The Kier molecular flexibility index (Phi) is 4.15. The number of carboxylic acids is 1. The minimum atomic E-state index is -0.906. The van der Waals surface area contributed by atoms with Crippen LogP contribution in [0.2, 0.25) is 0 Å². The molecule has 2 fully saturated rings. The van der Waals surface area contributed by atoms with Crippen LogP contribution in [-0.2, 0) is 9.59 Å². The summed E-state index contributed by atoms with van der Waals surface area (Å²) in [5.74, 6) is -0.991. The van der Waals surface area contributed by atoms with E-state index >= 15 is 0 Å². The zero-order valence-electron chi connectivity index (χ0n) is 11.7. The van der Waals surface area contributed by atoms with Crippen molar-refractivity contribution in [2.45, 2.75) is 37.6 Å². The molecule has 3 amide bonds. The Bertz CT molecular complexity index is 420. The predicted molar refractivity (Wildman–Crippen MR) is 71.2 cm³/mol. The average Bonchev–Trinajstić information content (AvgIpc) is 2.49. The Hall–Kier alpha value is -1.79. The maximum absolute atomic E-state index is 12.2. The van der Waals surface area contributed by atoms with E-state index in [2.05, 4.69) is 5.32 Å². The molecule has 0 aromatic rings. The van der Waals surface area contributed by atoms with E-state index in [1.807, 2.05) is 0 Å². The van der Waals surface area contributed by atoms with Gasteiger partial charge in [0.05, 0.1) is 12.0 Å². The summed E-state index contributed by atoms with van der Waals surface area (Å²) in [5, 5.41) is 11.8. The van der Waals surface area contributed by atoms with Crippen LogP contribution in [-0.4, -0.2) is 65.0 Å². The average molecular weight is 283 g/mol. The van der Waals surface area contributed by atoms with Gasteiger partial charge in [-0.15, -0.1) is 0 Å². The number of nitrogens with one attached hydrogen (secondary N) is 1. The van der Waals surface area contributed by atoms with Crippen LogP contribution in [0.25, 0.3) is 0 Å². The summed E-state index contributed by atoms with van der Waals surface area (Å²) in [6.07, 6.45) is 2.98. The molecule has 1 saturated heterocycles. The van der Waals surface area contributed by atoms with Crippen molar-refractivity contribution in [3.05, 3.63) is 0 Å². The molecule has 0 spiro atoms. The molecule has 1 saturated carbocycles. The molecular weight excluding hydrogens is 262 g/mol. The standard InChI is InChI=1S/C13H21N3O4/c1-15-6-3-7-16(9-10(15)17)12(20)14-13(4-2-5-13)8-11(18)19/h2-9H2,1H3,(H,14,20)(H,18,19). The van der Waals surface area contributed by atoms with Crippen LogP contribution in [0, 0.1) is 0 Å². The van der Waals surface area contributed by atoms with E-state index in [9.17, 15) is 14.4 Å². The topological polar surface area (TPSA) is 89.9 Å². The number of likely N-dealkylation sites (N-methyl/N-ethyl adjacent to an activating group) is 1. The number of carboxylic acid groups (broad SMARTS) is 1. The molecule has 0 aromatic heterocycles. The second-order valence-electron chi connectivity index (χ2n) is 5.72. The highest BCUT2D eigenvalue weighted by atomic mass is 16.4. The lowest BCUT2D eigenvalue weighted by Gasteiger charge is -2.42. The maximum atomic E-state index is 12.2. The highest BCUT2D eigenvalue weighted by Gasteiger charge is 2.41. The molecule has 7 heteroatoms. The number of aliphatic carboxylic acids is 1. The van der Waals surface area contributed by atoms with Gasteiger partial charge in [0.25, 0.3) is 0 Å². The van der Waals surface area contributed by atoms with E-state index < -0.39 is 11.5 Å². The molecule has 1 aliphatic carbocycles. The van der Waals surface area contributed by atoms with Crippen LogP contribution in [0.1, 0.15) is 32.1 Å². The molecule has 1 heterocycles. The molecule has 0 bridgehead atoms. The number of nitrogens with zero attached hydrogens (tertiary/aromatic N) is 2. The van der Waals surface area contributed by atoms with Crippen molar-refractivity contribution < 1.29 is 19.5 Å². The maximum Gasteiger partial charge on any atom is 0.318 e. The molecule has 112 valence electrons. The molecule has 0 unspecified atom stereocenters. The van der Waals surface area contributed by atoms with Crippen molar-refractivity contribution in [3.63, 3.8) is 0 Å². The monoisotopic (exact) mass is 283 g/mol. The number of hydrogen-bond donors (Lipinski definition) is 2. The SMILES string of the molecule is CN1CCCN(C(=O)NC2(CC(=O)O)CCC2)CC1=O. The summed E-state index contributed by atoms with van der Waals surface area (Å²) in [6, 6.07) is -0.324. The van der Waals surface area contributed by atoms with Crippen molar-refractivity contribution in [1.29, 1.82) is 0 Å². The normalized spacial score (nSPS) is 21.9. The molecule has 20 heavy (non-hydrogen) atoms. The fraction of sp³-hybridized carbons (Fsp3) is 0.769. The summed E-state index contributed by atoms with van der Waals surface area (Å²) in [5.41, 5.74) is -0.621. The highest BCUT2D eigenvalue weighted by molar-refractivity contribution is 5.85. The van der Waals surface area contributed by atoms with Crippen LogP contribution >= 0.6 is 0 Å². The van der Waals surface area contributed by atoms with Gasteiger partial charge in [0.15, 0.2) is 0 Å². The van der Waals surface area contributed by atoms with Gasteiger partial charge in [-0.05, 0) is 25.7 Å². The molecule has 0 atom stereocenters.